The Morgan fingerprint density at radius 1 is 1.13 bits per heavy atom. The molecule has 3 N–H and O–H groups in total. The number of nitrogens with zero attached hydrogens (tertiary/aromatic N) is 2. The molecule has 0 bridgehead atoms. The van der Waals surface area contributed by atoms with Gasteiger partial charge in [0.1, 0.15) is 19.0 Å². The number of nitrogens with one attached hydrogen (secondary N) is 3. The maximum atomic E-state index is 15.2. The first kappa shape index (κ1) is 30.5. The van der Waals surface area contributed by atoms with Crippen LogP contribution < -0.4 is 21.5 Å². The second kappa shape index (κ2) is 11.9. The van der Waals surface area contributed by atoms with E-state index in [-0.39, 0.29) is 49.6 Å². The molecule has 0 radical (unpaired) electrons. The Labute approximate surface area is 269 Å². The molecular formula is C35H34FN5O6. The van der Waals surface area contributed by atoms with Crippen LogP contribution >= 0.6 is 0 Å². The minimum absolute atomic E-state index is 0.0137. The van der Waals surface area contributed by atoms with Crippen molar-refractivity contribution in [2.45, 2.75) is 64.8 Å². The molecule has 0 spiro atoms. The smallest absolute Gasteiger partial charge is 0.407 e. The SMILES string of the molecule is CCC1C(=O)OCc2c1cc1n(c2=O)Cc2c-1nc1cc(F)c(C)c3c1c2C(NC(=O)OCc1ccc(NC(=O)CNC)cc1)CC3. The molecule has 4 aromatic rings. The fraction of sp³-hybridized carbons (Fsp3) is 0.343. The number of cyclic esters (lactones) is 1. The highest BCUT2D eigenvalue weighted by Crippen LogP contribution is 2.45. The Morgan fingerprint density at radius 2 is 1.91 bits per heavy atom. The summed E-state index contributed by atoms with van der Waals surface area (Å²) < 4.78 is 27.7. The topological polar surface area (TPSA) is 141 Å². The number of fused-ring (bicyclic) bond motifs is 5. The lowest BCUT2D eigenvalue weighted by Crippen LogP contribution is -2.33. The molecule has 12 heteroatoms. The lowest BCUT2D eigenvalue weighted by molar-refractivity contribution is -0.148. The average molecular weight is 640 g/mol. The molecule has 3 aliphatic rings. The molecule has 2 aliphatic heterocycles. The number of anilines is 1. The van der Waals surface area contributed by atoms with Crippen molar-refractivity contribution in [3.8, 4) is 11.4 Å². The summed E-state index contributed by atoms with van der Waals surface area (Å²) >= 11 is 0. The number of alkyl carbamates (subject to hydrolysis) is 1. The molecule has 0 fully saturated rings. The van der Waals surface area contributed by atoms with Crippen molar-refractivity contribution in [2.75, 3.05) is 18.9 Å². The van der Waals surface area contributed by atoms with Crippen LogP contribution in [0, 0.1) is 12.7 Å². The monoisotopic (exact) mass is 639 g/mol. The molecule has 2 unspecified atom stereocenters. The van der Waals surface area contributed by atoms with Crippen LogP contribution in [0.1, 0.15) is 70.7 Å². The second-order valence-corrected chi connectivity index (χ2v) is 12.2. The highest BCUT2D eigenvalue weighted by Gasteiger charge is 2.37. The van der Waals surface area contributed by atoms with Gasteiger partial charge in [-0.15, -0.1) is 0 Å². The van der Waals surface area contributed by atoms with Gasteiger partial charge in [-0.1, -0.05) is 19.1 Å². The third kappa shape index (κ3) is 5.22. The number of benzene rings is 2. The third-order valence-electron chi connectivity index (χ3n) is 9.43. The summed E-state index contributed by atoms with van der Waals surface area (Å²) in [5, 5.41) is 9.38. The van der Waals surface area contributed by atoms with Crippen LogP contribution in [0.5, 0.6) is 0 Å². The number of amides is 2. The van der Waals surface area contributed by atoms with Gasteiger partial charge in [-0.2, -0.15) is 0 Å². The number of halogens is 1. The first-order valence-corrected chi connectivity index (χ1v) is 15.7. The molecule has 2 amide bonds. The van der Waals surface area contributed by atoms with Crippen molar-refractivity contribution in [2.24, 2.45) is 0 Å². The lowest BCUT2D eigenvalue weighted by atomic mass is 9.81. The fourth-order valence-electron chi connectivity index (χ4n) is 7.10. The van der Waals surface area contributed by atoms with Gasteiger partial charge in [-0.05, 0) is 79.3 Å². The Hall–Kier alpha value is -5.10. The standard InChI is InChI=1S/C35H34FN5O6/c1-4-20-22-11-28-32-23(14-41(28)33(43)24(22)16-46-34(20)44)31-26(10-9-21-17(2)25(36)12-27(39-32)30(21)31)40-35(45)47-15-18-5-7-19(8-6-18)38-29(42)13-37-3/h5-8,11-12,20,26,37H,4,9-10,13-16H2,1-3H3,(H,38,42)(H,40,45). The molecule has 1 aliphatic carbocycles. The molecule has 0 saturated heterocycles. The van der Waals surface area contributed by atoms with E-state index in [1.165, 1.54) is 6.07 Å². The van der Waals surface area contributed by atoms with Crippen molar-refractivity contribution in [1.82, 2.24) is 20.2 Å². The first-order chi connectivity index (χ1) is 22.7. The number of likely N-dealkylation sites (N-methyl/N-ethyl adjacent to an activating group) is 1. The van der Waals surface area contributed by atoms with Crippen LogP contribution in [-0.2, 0) is 45.2 Å². The number of carbonyl (C=O) groups excluding carboxylic acids is 3. The number of esters is 1. The van der Waals surface area contributed by atoms with E-state index in [4.69, 9.17) is 14.5 Å². The predicted octanol–water partition coefficient (Wildman–Crippen LogP) is 4.49. The summed E-state index contributed by atoms with van der Waals surface area (Å²) in [7, 11) is 1.69. The molecule has 11 nitrogen and oxygen atoms in total. The number of aryl methyl sites for hydroxylation is 1. The number of carbonyl (C=O) groups is 3. The van der Waals surface area contributed by atoms with Gasteiger partial charge in [0.2, 0.25) is 5.91 Å². The van der Waals surface area contributed by atoms with Crippen molar-refractivity contribution >= 4 is 34.6 Å². The molecule has 2 aromatic heterocycles. The highest BCUT2D eigenvalue weighted by atomic mass is 19.1. The average Bonchev–Trinajstić information content (AvgIpc) is 3.42. The lowest BCUT2D eigenvalue weighted by Gasteiger charge is -2.29. The van der Waals surface area contributed by atoms with Crippen LogP contribution in [0.25, 0.3) is 22.3 Å². The van der Waals surface area contributed by atoms with Crippen molar-refractivity contribution in [1.29, 1.82) is 0 Å². The van der Waals surface area contributed by atoms with E-state index in [0.717, 1.165) is 27.6 Å². The largest absolute Gasteiger partial charge is 0.460 e. The Balaban J connectivity index is 1.21. The number of hydrogen-bond donors (Lipinski definition) is 3. The molecule has 47 heavy (non-hydrogen) atoms. The zero-order chi connectivity index (χ0) is 33.0. The maximum Gasteiger partial charge on any atom is 0.407 e. The third-order valence-corrected chi connectivity index (χ3v) is 9.43. The van der Waals surface area contributed by atoms with Crippen molar-refractivity contribution in [3.63, 3.8) is 0 Å². The Morgan fingerprint density at radius 3 is 2.66 bits per heavy atom. The van der Waals surface area contributed by atoms with Crippen LogP contribution in [0.2, 0.25) is 0 Å². The van der Waals surface area contributed by atoms with Crippen molar-refractivity contribution < 1.29 is 28.2 Å². The number of ether oxygens (including phenoxy) is 2. The van der Waals surface area contributed by atoms with Gasteiger partial charge in [0.05, 0.1) is 47.5 Å². The summed E-state index contributed by atoms with van der Waals surface area (Å²) in [5.74, 6) is -1.44. The van der Waals surface area contributed by atoms with E-state index in [1.807, 2.05) is 13.0 Å². The van der Waals surface area contributed by atoms with Gasteiger partial charge in [0.15, 0.2) is 0 Å². The predicted molar refractivity (Wildman–Crippen MR) is 171 cm³/mol. The van der Waals surface area contributed by atoms with E-state index in [1.54, 1.807) is 42.8 Å². The van der Waals surface area contributed by atoms with E-state index >= 15 is 4.39 Å². The summed E-state index contributed by atoms with van der Waals surface area (Å²) in [6, 6.07) is 9.81. The van der Waals surface area contributed by atoms with Gasteiger partial charge < -0.3 is 30.0 Å². The Kier molecular flexibility index (Phi) is 7.75. The summed E-state index contributed by atoms with van der Waals surface area (Å²) in [5.41, 5.74) is 6.75. The van der Waals surface area contributed by atoms with Crippen LogP contribution in [0.15, 0.2) is 41.2 Å². The molecule has 7 rings (SSSR count). The highest BCUT2D eigenvalue weighted by molar-refractivity contribution is 5.94. The molecule has 242 valence electrons. The number of rotatable bonds is 7. The Bertz CT molecular complexity index is 2040. The van der Waals surface area contributed by atoms with E-state index in [9.17, 15) is 19.2 Å². The minimum Gasteiger partial charge on any atom is -0.460 e. The molecule has 4 heterocycles. The molecule has 2 atom stereocenters. The summed E-state index contributed by atoms with van der Waals surface area (Å²) in [4.78, 5) is 56.2. The van der Waals surface area contributed by atoms with Crippen molar-refractivity contribution in [3.05, 3.63) is 91.5 Å². The number of pyridine rings is 2. The molecule has 2 aromatic carbocycles. The number of hydrogen-bond acceptors (Lipinski definition) is 8. The zero-order valence-electron chi connectivity index (χ0n) is 26.3. The van der Waals surface area contributed by atoms with Gasteiger partial charge in [0.25, 0.3) is 5.56 Å². The normalized spacial score (nSPS) is 17.4. The van der Waals surface area contributed by atoms with E-state index < -0.39 is 18.1 Å². The summed E-state index contributed by atoms with van der Waals surface area (Å²) in [6.07, 6.45) is 0.892. The molecule has 0 saturated carbocycles. The maximum absolute atomic E-state index is 15.2. The first-order valence-electron chi connectivity index (χ1n) is 15.7. The van der Waals surface area contributed by atoms with Gasteiger partial charge in [-0.3, -0.25) is 14.4 Å². The van der Waals surface area contributed by atoms with Crippen LogP contribution in [0.3, 0.4) is 0 Å². The van der Waals surface area contributed by atoms with Crippen LogP contribution in [-0.4, -0.2) is 41.1 Å². The van der Waals surface area contributed by atoms with Gasteiger partial charge in [0, 0.05) is 22.7 Å². The number of aromatic nitrogens is 2. The second-order valence-electron chi connectivity index (χ2n) is 12.2. The van der Waals surface area contributed by atoms with E-state index in [2.05, 4.69) is 16.0 Å². The quantitative estimate of drug-likeness (QED) is 0.221. The zero-order valence-corrected chi connectivity index (χ0v) is 26.3. The fourth-order valence-corrected chi connectivity index (χ4v) is 7.10. The van der Waals surface area contributed by atoms with Gasteiger partial charge >= 0.3 is 12.1 Å². The van der Waals surface area contributed by atoms with E-state index in [0.29, 0.717) is 58.5 Å². The summed E-state index contributed by atoms with van der Waals surface area (Å²) in [6.45, 7) is 3.97. The van der Waals surface area contributed by atoms with Gasteiger partial charge in [-0.25, -0.2) is 14.2 Å². The minimum atomic E-state index is -0.619. The van der Waals surface area contributed by atoms with Crippen LogP contribution in [0.4, 0.5) is 14.9 Å². The molecular weight excluding hydrogens is 605 g/mol.